The van der Waals surface area contributed by atoms with Gasteiger partial charge in [0, 0.05) is 12.6 Å². The third-order valence-electron chi connectivity index (χ3n) is 3.25. The van der Waals surface area contributed by atoms with E-state index in [4.69, 9.17) is 0 Å². The van der Waals surface area contributed by atoms with Crippen LogP contribution in [0.4, 0.5) is 5.13 Å². The van der Waals surface area contributed by atoms with Crippen molar-refractivity contribution in [1.82, 2.24) is 15.5 Å². The molecule has 2 N–H and O–H groups in total. The first-order chi connectivity index (χ1) is 8.50. The second kappa shape index (κ2) is 5.22. The largest absolute Gasteiger partial charge is 0.360 e. The Morgan fingerprint density at radius 1 is 1.50 bits per heavy atom. The molecule has 1 unspecified atom stereocenters. The lowest BCUT2D eigenvalue weighted by Gasteiger charge is -2.17. The van der Waals surface area contributed by atoms with E-state index < -0.39 is 0 Å². The summed E-state index contributed by atoms with van der Waals surface area (Å²) < 4.78 is 0. The molecule has 0 radical (unpaired) electrons. The lowest BCUT2D eigenvalue weighted by atomic mass is 9.92. The molecule has 1 fully saturated rings. The third kappa shape index (κ3) is 3.19. The van der Waals surface area contributed by atoms with Crippen LogP contribution in [0.25, 0.3) is 0 Å². The molecule has 0 aliphatic heterocycles. The average molecular weight is 268 g/mol. The zero-order valence-electron chi connectivity index (χ0n) is 11.1. The Morgan fingerprint density at radius 3 is 2.89 bits per heavy atom. The first-order valence-electron chi connectivity index (χ1n) is 6.38. The van der Waals surface area contributed by atoms with E-state index in [1.807, 2.05) is 6.92 Å². The molecule has 1 heterocycles. The summed E-state index contributed by atoms with van der Waals surface area (Å²) in [6, 6.07) is 0.277. The molecule has 0 spiro atoms. The van der Waals surface area contributed by atoms with Gasteiger partial charge in [-0.15, -0.1) is 10.2 Å². The van der Waals surface area contributed by atoms with E-state index in [9.17, 15) is 4.79 Å². The van der Waals surface area contributed by atoms with Crippen molar-refractivity contribution in [2.24, 2.45) is 5.41 Å². The highest BCUT2D eigenvalue weighted by atomic mass is 32.1. The summed E-state index contributed by atoms with van der Waals surface area (Å²) in [5, 5.41) is 15.1. The number of aromatic nitrogens is 2. The van der Waals surface area contributed by atoms with E-state index in [0.29, 0.717) is 15.6 Å². The summed E-state index contributed by atoms with van der Waals surface area (Å²) in [5.74, 6) is -0.0978. The molecule has 1 aromatic heterocycles. The fraction of sp³-hybridized carbons (Fsp3) is 0.750. The van der Waals surface area contributed by atoms with Crippen LogP contribution in [0.1, 0.15) is 49.8 Å². The van der Waals surface area contributed by atoms with Crippen LogP contribution in [0.5, 0.6) is 0 Å². The second-order valence-corrected chi connectivity index (χ2v) is 6.50. The molecule has 1 aliphatic rings. The van der Waals surface area contributed by atoms with Gasteiger partial charge in [0.25, 0.3) is 5.91 Å². The molecular formula is C12H20N4OS. The summed E-state index contributed by atoms with van der Waals surface area (Å²) >= 11 is 1.30. The molecule has 0 saturated heterocycles. The van der Waals surface area contributed by atoms with Gasteiger partial charge in [-0.05, 0) is 31.6 Å². The van der Waals surface area contributed by atoms with Crippen LogP contribution in [0.15, 0.2) is 0 Å². The number of carbonyl (C=O) groups excluding carboxylic acids is 1. The number of rotatable bonds is 4. The van der Waals surface area contributed by atoms with Crippen LogP contribution in [0.3, 0.4) is 0 Å². The van der Waals surface area contributed by atoms with E-state index in [1.165, 1.54) is 11.3 Å². The lowest BCUT2D eigenvalue weighted by Crippen LogP contribution is -2.33. The van der Waals surface area contributed by atoms with Crippen LogP contribution in [-0.2, 0) is 0 Å². The highest BCUT2D eigenvalue weighted by molar-refractivity contribution is 7.17. The van der Waals surface area contributed by atoms with Crippen LogP contribution in [0.2, 0.25) is 0 Å². The first-order valence-corrected chi connectivity index (χ1v) is 7.20. The van der Waals surface area contributed by atoms with Gasteiger partial charge >= 0.3 is 0 Å². The van der Waals surface area contributed by atoms with Gasteiger partial charge in [0.1, 0.15) is 0 Å². The van der Waals surface area contributed by atoms with Crippen molar-refractivity contribution in [1.29, 1.82) is 0 Å². The Bertz CT molecular complexity index is 429. The SMILES string of the molecule is CCNc1nnc(C(=O)NC2CCC(C)(C)C2)s1. The number of anilines is 1. The molecule has 5 nitrogen and oxygen atoms in total. The smallest absolute Gasteiger partial charge is 0.282 e. The van der Waals surface area contributed by atoms with E-state index >= 15 is 0 Å². The van der Waals surface area contributed by atoms with Crippen molar-refractivity contribution in [3.63, 3.8) is 0 Å². The van der Waals surface area contributed by atoms with Crippen molar-refractivity contribution in [2.75, 3.05) is 11.9 Å². The van der Waals surface area contributed by atoms with Crippen molar-refractivity contribution in [3.8, 4) is 0 Å². The molecule has 1 amide bonds. The fourth-order valence-corrected chi connectivity index (χ4v) is 3.06. The maximum absolute atomic E-state index is 12.0. The molecule has 1 aromatic rings. The summed E-state index contributed by atoms with van der Waals surface area (Å²) in [6.45, 7) is 7.26. The Balaban J connectivity index is 1.91. The van der Waals surface area contributed by atoms with Gasteiger partial charge < -0.3 is 10.6 Å². The molecule has 1 aliphatic carbocycles. The number of amides is 1. The standard InChI is InChI=1S/C12H20N4OS/c1-4-13-11-16-15-10(18-11)9(17)14-8-5-6-12(2,3)7-8/h8H,4-7H2,1-3H3,(H,13,16)(H,14,17). The van der Waals surface area contributed by atoms with Crippen molar-refractivity contribution in [2.45, 2.75) is 46.1 Å². The molecule has 1 saturated carbocycles. The van der Waals surface area contributed by atoms with Crippen molar-refractivity contribution < 1.29 is 4.79 Å². The van der Waals surface area contributed by atoms with Crippen LogP contribution in [-0.4, -0.2) is 28.7 Å². The highest BCUT2D eigenvalue weighted by Crippen LogP contribution is 2.37. The number of hydrogen-bond donors (Lipinski definition) is 2. The summed E-state index contributed by atoms with van der Waals surface area (Å²) in [6.07, 6.45) is 3.26. The minimum Gasteiger partial charge on any atom is -0.360 e. The zero-order chi connectivity index (χ0) is 13.2. The van der Waals surface area contributed by atoms with E-state index in [2.05, 4.69) is 34.7 Å². The van der Waals surface area contributed by atoms with Crippen LogP contribution >= 0.6 is 11.3 Å². The van der Waals surface area contributed by atoms with Gasteiger partial charge in [0.15, 0.2) is 0 Å². The average Bonchev–Trinajstić information content (AvgIpc) is 2.86. The topological polar surface area (TPSA) is 66.9 Å². The molecule has 1 atom stereocenters. The Hall–Kier alpha value is -1.17. The second-order valence-electron chi connectivity index (χ2n) is 5.52. The van der Waals surface area contributed by atoms with Gasteiger partial charge in [0.05, 0.1) is 0 Å². The Kier molecular flexibility index (Phi) is 3.85. The Labute approximate surface area is 111 Å². The highest BCUT2D eigenvalue weighted by Gasteiger charge is 2.32. The van der Waals surface area contributed by atoms with E-state index in [1.54, 1.807) is 0 Å². The Morgan fingerprint density at radius 2 is 2.28 bits per heavy atom. The molecule has 18 heavy (non-hydrogen) atoms. The minimum atomic E-state index is -0.0978. The first kappa shape index (κ1) is 13.3. The summed E-state index contributed by atoms with van der Waals surface area (Å²) in [5.41, 5.74) is 0.341. The molecule has 0 aromatic carbocycles. The van der Waals surface area contributed by atoms with Gasteiger partial charge in [-0.1, -0.05) is 25.2 Å². The van der Waals surface area contributed by atoms with E-state index in [-0.39, 0.29) is 11.9 Å². The zero-order valence-corrected chi connectivity index (χ0v) is 11.9. The fourth-order valence-electron chi connectivity index (χ4n) is 2.34. The predicted octanol–water partition coefficient (Wildman–Crippen LogP) is 2.28. The monoisotopic (exact) mass is 268 g/mol. The van der Waals surface area contributed by atoms with Crippen LogP contribution < -0.4 is 10.6 Å². The summed E-state index contributed by atoms with van der Waals surface area (Å²) in [4.78, 5) is 12.0. The van der Waals surface area contributed by atoms with Gasteiger partial charge in [0.2, 0.25) is 10.1 Å². The third-order valence-corrected chi connectivity index (χ3v) is 4.13. The number of hydrogen-bond acceptors (Lipinski definition) is 5. The van der Waals surface area contributed by atoms with Gasteiger partial charge in [-0.25, -0.2) is 0 Å². The molecular weight excluding hydrogens is 248 g/mol. The summed E-state index contributed by atoms with van der Waals surface area (Å²) in [7, 11) is 0. The minimum absolute atomic E-state index is 0.0978. The molecule has 0 bridgehead atoms. The normalized spacial score (nSPS) is 21.8. The number of nitrogens with zero attached hydrogens (tertiary/aromatic N) is 2. The molecule has 6 heteroatoms. The van der Waals surface area contributed by atoms with Crippen molar-refractivity contribution >= 4 is 22.4 Å². The number of nitrogens with one attached hydrogen (secondary N) is 2. The predicted molar refractivity (Wildman–Crippen MR) is 73.0 cm³/mol. The van der Waals surface area contributed by atoms with Crippen molar-refractivity contribution in [3.05, 3.63) is 5.01 Å². The lowest BCUT2D eigenvalue weighted by molar-refractivity contribution is 0.0935. The van der Waals surface area contributed by atoms with Crippen LogP contribution in [0, 0.1) is 5.41 Å². The molecule has 2 rings (SSSR count). The number of carbonyl (C=O) groups is 1. The van der Waals surface area contributed by atoms with E-state index in [0.717, 1.165) is 25.8 Å². The van der Waals surface area contributed by atoms with Gasteiger partial charge in [-0.3, -0.25) is 4.79 Å². The quantitative estimate of drug-likeness (QED) is 0.879. The molecule has 100 valence electrons. The maximum atomic E-state index is 12.0. The maximum Gasteiger partial charge on any atom is 0.282 e. The van der Waals surface area contributed by atoms with Gasteiger partial charge in [-0.2, -0.15) is 0 Å².